The lowest BCUT2D eigenvalue weighted by molar-refractivity contribution is 0.403. The molecule has 0 bridgehead atoms. The molecular weight excluding hydrogens is 338 g/mol. The van der Waals surface area contributed by atoms with E-state index in [-0.39, 0.29) is 0 Å². The average molecular weight is 372 g/mol. The predicted molar refractivity (Wildman–Crippen MR) is 117 cm³/mol. The Kier molecular flexibility index (Phi) is 6.16. The summed E-state index contributed by atoms with van der Waals surface area (Å²) in [5, 5.41) is 9.02. The molecule has 0 heterocycles. The van der Waals surface area contributed by atoms with Gasteiger partial charge in [0.1, 0.15) is 0 Å². The van der Waals surface area contributed by atoms with Crippen molar-refractivity contribution < 1.29 is 0 Å². The number of rotatable bonds is 6. The third-order valence-corrected chi connectivity index (χ3v) is 7.12. The summed E-state index contributed by atoms with van der Waals surface area (Å²) < 4.78 is 0. The van der Waals surface area contributed by atoms with Crippen LogP contribution in [0.15, 0.2) is 36.4 Å². The zero-order chi connectivity index (χ0) is 19.3. The van der Waals surface area contributed by atoms with Gasteiger partial charge in [-0.1, -0.05) is 63.3 Å². The SMILES string of the molecule is CCCCCCC1CCc2c(ccc3c2CCC(c2ccc(C#N)cc2)C3)C1. The summed E-state index contributed by atoms with van der Waals surface area (Å²) in [6.45, 7) is 2.30. The highest BCUT2D eigenvalue weighted by molar-refractivity contribution is 5.46. The van der Waals surface area contributed by atoms with Gasteiger partial charge in [-0.25, -0.2) is 0 Å². The largest absolute Gasteiger partial charge is 0.192 e. The first-order valence-electron chi connectivity index (χ1n) is 11.4. The van der Waals surface area contributed by atoms with Crippen molar-refractivity contribution in [1.29, 1.82) is 5.26 Å². The van der Waals surface area contributed by atoms with Gasteiger partial charge in [-0.2, -0.15) is 5.26 Å². The zero-order valence-corrected chi connectivity index (χ0v) is 17.3. The second kappa shape index (κ2) is 8.95. The van der Waals surface area contributed by atoms with E-state index in [1.165, 1.54) is 69.8 Å². The standard InChI is InChI=1S/C27H33N/c1-2-3-4-5-6-20-9-15-26-24(17-20)12-13-25-18-23(14-16-27(25)26)22-10-7-21(19-28)8-11-22/h7-8,10-13,20,23H,2-6,9,14-18H2,1H3. The van der Waals surface area contributed by atoms with Crippen LogP contribution in [-0.4, -0.2) is 0 Å². The lowest BCUT2D eigenvalue weighted by Gasteiger charge is -2.32. The summed E-state index contributed by atoms with van der Waals surface area (Å²) in [6.07, 6.45) is 14.7. The number of unbranched alkanes of at least 4 members (excludes halogenated alkanes) is 3. The first kappa shape index (κ1) is 19.3. The van der Waals surface area contributed by atoms with Crippen LogP contribution in [0.1, 0.15) is 91.2 Å². The Morgan fingerprint density at radius 3 is 2.29 bits per heavy atom. The number of fused-ring (bicyclic) bond motifs is 3. The molecule has 0 saturated heterocycles. The first-order chi connectivity index (χ1) is 13.8. The number of hydrogen-bond acceptors (Lipinski definition) is 1. The lowest BCUT2D eigenvalue weighted by Crippen LogP contribution is -2.20. The fourth-order valence-corrected chi connectivity index (χ4v) is 5.46. The van der Waals surface area contributed by atoms with E-state index in [0.717, 1.165) is 17.9 Å². The van der Waals surface area contributed by atoms with Crippen LogP contribution >= 0.6 is 0 Å². The van der Waals surface area contributed by atoms with Crippen LogP contribution in [0, 0.1) is 17.2 Å². The van der Waals surface area contributed by atoms with E-state index >= 15 is 0 Å². The Labute approximate surface area is 170 Å². The maximum Gasteiger partial charge on any atom is 0.0991 e. The Hall–Kier alpha value is -2.07. The van der Waals surface area contributed by atoms with Crippen molar-refractivity contribution in [3.05, 3.63) is 69.8 Å². The number of nitriles is 1. The van der Waals surface area contributed by atoms with Gasteiger partial charge in [0.2, 0.25) is 0 Å². The molecule has 0 amide bonds. The number of benzene rings is 2. The van der Waals surface area contributed by atoms with E-state index in [2.05, 4.69) is 37.3 Å². The average Bonchev–Trinajstić information content (AvgIpc) is 2.76. The molecule has 2 unspecified atom stereocenters. The molecular formula is C27H33N. The second-order valence-corrected chi connectivity index (χ2v) is 8.97. The molecule has 2 atom stereocenters. The van der Waals surface area contributed by atoms with E-state index in [1.54, 1.807) is 22.3 Å². The summed E-state index contributed by atoms with van der Waals surface area (Å²) in [4.78, 5) is 0. The van der Waals surface area contributed by atoms with Crippen LogP contribution in [0.3, 0.4) is 0 Å². The van der Waals surface area contributed by atoms with Gasteiger partial charge >= 0.3 is 0 Å². The first-order valence-corrected chi connectivity index (χ1v) is 11.4. The summed E-state index contributed by atoms with van der Waals surface area (Å²) in [5.41, 5.74) is 8.79. The van der Waals surface area contributed by atoms with Crippen molar-refractivity contribution in [1.82, 2.24) is 0 Å². The highest BCUT2D eigenvalue weighted by Gasteiger charge is 2.26. The minimum atomic E-state index is 0.605. The van der Waals surface area contributed by atoms with Gasteiger partial charge in [0, 0.05) is 0 Å². The maximum absolute atomic E-state index is 9.02. The van der Waals surface area contributed by atoms with Crippen molar-refractivity contribution in [3.8, 4) is 6.07 Å². The van der Waals surface area contributed by atoms with Crippen molar-refractivity contribution in [2.75, 3.05) is 0 Å². The third kappa shape index (κ3) is 4.17. The Bertz CT molecular complexity index is 840. The number of nitrogens with zero attached hydrogens (tertiary/aromatic N) is 1. The molecule has 2 aromatic carbocycles. The molecule has 1 heteroatoms. The molecule has 1 nitrogen and oxygen atoms in total. The highest BCUT2D eigenvalue weighted by atomic mass is 14.3. The van der Waals surface area contributed by atoms with Gasteiger partial charge in [0.25, 0.3) is 0 Å². The van der Waals surface area contributed by atoms with Crippen LogP contribution in [0.2, 0.25) is 0 Å². The maximum atomic E-state index is 9.02. The smallest absolute Gasteiger partial charge is 0.0991 e. The summed E-state index contributed by atoms with van der Waals surface area (Å²) in [6, 6.07) is 15.4. The summed E-state index contributed by atoms with van der Waals surface area (Å²) in [7, 11) is 0. The molecule has 0 aliphatic heterocycles. The molecule has 146 valence electrons. The van der Waals surface area contributed by atoms with Crippen molar-refractivity contribution in [3.63, 3.8) is 0 Å². The number of hydrogen-bond donors (Lipinski definition) is 0. The molecule has 2 aromatic rings. The third-order valence-electron chi connectivity index (χ3n) is 7.12. The van der Waals surface area contributed by atoms with E-state index in [4.69, 9.17) is 5.26 Å². The quantitative estimate of drug-likeness (QED) is 0.506. The van der Waals surface area contributed by atoms with Crippen LogP contribution in [0.5, 0.6) is 0 Å². The lowest BCUT2D eigenvalue weighted by atomic mass is 9.73. The van der Waals surface area contributed by atoms with Gasteiger partial charge in [0.05, 0.1) is 11.6 Å². The van der Waals surface area contributed by atoms with E-state index in [1.807, 2.05) is 12.1 Å². The van der Waals surface area contributed by atoms with Crippen LogP contribution in [0.4, 0.5) is 0 Å². The minimum Gasteiger partial charge on any atom is -0.192 e. The van der Waals surface area contributed by atoms with Gasteiger partial charge in [-0.3, -0.25) is 0 Å². The molecule has 0 saturated carbocycles. The topological polar surface area (TPSA) is 23.8 Å². The molecule has 0 radical (unpaired) electrons. The van der Waals surface area contributed by atoms with Gasteiger partial charge in [-0.15, -0.1) is 0 Å². The van der Waals surface area contributed by atoms with Crippen molar-refractivity contribution in [2.45, 2.75) is 83.5 Å². The Morgan fingerprint density at radius 2 is 1.57 bits per heavy atom. The van der Waals surface area contributed by atoms with Crippen molar-refractivity contribution >= 4 is 0 Å². The second-order valence-electron chi connectivity index (χ2n) is 8.97. The van der Waals surface area contributed by atoms with E-state index < -0.39 is 0 Å². The molecule has 0 N–H and O–H groups in total. The Morgan fingerprint density at radius 1 is 0.857 bits per heavy atom. The summed E-state index contributed by atoms with van der Waals surface area (Å²) in [5.74, 6) is 1.52. The molecule has 28 heavy (non-hydrogen) atoms. The monoisotopic (exact) mass is 371 g/mol. The fourth-order valence-electron chi connectivity index (χ4n) is 5.46. The molecule has 4 rings (SSSR count). The molecule has 2 aliphatic carbocycles. The minimum absolute atomic E-state index is 0.605. The molecule has 0 spiro atoms. The Balaban J connectivity index is 1.43. The highest BCUT2D eigenvalue weighted by Crippen LogP contribution is 2.39. The molecule has 0 fully saturated rings. The zero-order valence-electron chi connectivity index (χ0n) is 17.3. The molecule has 2 aliphatic rings. The van der Waals surface area contributed by atoms with E-state index in [0.29, 0.717) is 5.92 Å². The van der Waals surface area contributed by atoms with Crippen LogP contribution in [0.25, 0.3) is 0 Å². The molecule has 0 aromatic heterocycles. The van der Waals surface area contributed by atoms with Gasteiger partial charge in [0.15, 0.2) is 0 Å². The van der Waals surface area contributed by atoms with Crippen molar-refractivity contribution in [2.24, 2.45) is 5.92 Å². The van der Waals surface area contributed by atoms with Crippen LogP contribution in [-0.2, 0) is 25.7 Å². The summed E-state index contributed by atoms with van der Waals surface area (Å²) >= 11 is 0. The van der Waals surface area contributed by atoms with Crippen LogP contribution < -0.4 is 0 Å². The fraction of sp³-hybridized carbons (Fsp3) is 0.519. The van der Waals surface area contributed by atoms with Gasteiger partial charge in [-0.05, 0) is 90.3 Å². The van der Waals surface area contributed by atoms with E-state index in [9.17, 15) is 0 Å². The van der Waals surface area contributed by atoms with Gasteiger partial charge < -0.3 is 0 Å². The normalized spacial score (nSPS) is 20.9. The predicted octanol–water partition coefficient (Wildman–Crippen LogP) is 6.91.